The first-order valence-electron chi connectivity index (χ1n) is 3.30. The fourth-order valence-electron chi connectivity index (χ4n) is 0.131. The van der Waals surface area contributed by atoms with Crippen LogP contribution in [0, 0.1) is 6.92 Å². The molecule has 0 saturated carbocycles. The van der Waals surface area contributed by atoms with Crippen molar-refractivity contribution in [1.82, 2.24) is 0 Å². The first kappa shape index (κ1) is 17.4. The molecule has 0 saturated heterocycles. The van der Waals surface area contributed by atoms with Gasteiger partial charge in [0, 0.05) is 0 Å². The largest absolute Gasteiger partial charge is 1.00 e. The number of carbonyl (C=O) groups excluding carboxylic acids is 1. The average Bonchev–Trinajstić information content (AvgIpc) is 1.89. The number of unbranched alkanes of at least 4 members (excludes halogenated alkanes) is 1. The van der Waals surface area contributed by atoms with Gasteiger partial charge in [0.25, 0.3) is 0 Å². The first-order valence-corrected chi connectivity index (χ1v) is 3.68. The fraction of sp³-hybridized carbons (Fsp3) is 0.500. The smallest absolute Gasteiger partial charge is 0.343 e. The topological polar surface area (TPSA) is 17.1 Å². The Labute approximate surface area is 86.4 Å². The molecule has 0 rings (SSSR count). The van der Waals surface area contributed by atoms with E-state index in [1.807, 2.05) is 0 Å². The van der Waals surface area contributed by atoms with Crippen molar-refractivity contribution in [3.63, 3.8) is 0 Å². The second-order valence-electron chi connectivity index (χ2n) is 1.66. The maximum atomic E-state index is 9.72. The van der Waals surface area contributed by atoms with E-state index in [2.05, 4.69) is 13.8 Å². The van der Waals surface area contributed by atoms with Gasteiger partial charge in [-0.2, -0.15) is 6.42 Å². The van der Waals surface area contributed by atoms with Gasteiger partial charge in [-0.25, -0.2) is 0 Å². The minimum Gasteiger partial charge on any atom is -0.343 e. The molecule has 0 N–H and O–H groups in total. The Morgan fingerprint density at radius 2 is 2.00 bits per heavy atom. The van der Waals surface area contributed by atoms with Crippen molar-refractivity contribution < 1.29 is 23.7 Å². The van der Waals surface area contributed by atoms with E-state index < -0.39 is 5.24 Å². The molecule has 0 spiro atoms. The summed E-state index contributed by atoms with van der Waals surface area (Å²) in [4.78, 5) is 9.72. The molecule has 0 aliphatic carbocycles. The van der Waals surface area contributed by atoms with E-state index in [4.69, 9.17) is 11.6 Å². The van der Waals surface area contributed by atoms with Crippen molar-refractivity contribution >= 4 is 16.8 Å². The van der Waals surface area contributed by atoms with Crippen molar-refractivity contribution in [1.29, 1.82) is 0 Å². The number of carbonyl (C=O) groups is 1. The van der Waals surface area contributed by atoms with Crippen LogP contribution in [-0.4, -0.2) is 5.24 Å². The summed E-state index contributed by atoms with van der Waals surface area (Å²) in [5.41, 5.74) is 0. The van der Waals surface area contributed by atoms with E-state index in [-0.39, 0.29) is 18.9 Å². The van der Waals surface area contributed by atoms with Crippen molar-refractivity contribution in [2.45, 2.75) is 26.7 Å². The van der Waals surface area contributed by atoms with E-state index in [9.17, 15) is 4.79 Å². The van der Waals surface area contributed by atoms with Gasteiger partial charge in [-0.3, -0.25) is 4.79 Å². The number of hydrogen-bond acceptors (Lipinski definition) is 1. The Hall–Kier alpha value is 0.297. The van der Waals surface area contributed by atoms with E-state index in [0.29, 0.717) is 0 Å². The summed E-state index contributed by atoms with van der Waals surface area (Å²) in [6.45, 7) is 7.46. The Morgan fingerprint density at radius 1 is 1.64 bits per heavy atom. The molecule has 1 nitrogen and oxygen atoms in total. The Bertz CT molecular complexity index is 100. The molecule has 0 aromatic rings. The zero-order chi connectivity index (χ0) is 8.41. The molecule has 0 aromatic carbocycles. The van der Waals surface area contributed by atoms with E-state index in [1.165, 1.54) is 12.5 Å². The zero-order valence-corrected chi connectivity index (χ0v) is 8.32. The molecular weight excluding hydrogens is 154 g/mol. The molecule has 11 heavy (non-hydrogen) atoms. The summed E-state index contributed by atoms with van der Waals surface area (Å²) in [5, 5.41) is -0.419. The zero-order valence-electron chi connectivity index (χ0n) is 7.56. The van der Waals surface area contributed by atoms with Gasteiger partial charge in [0.05, 0.1) is 0 Å². The normalized spacial score (nSPS) is 8.00. The van der Waals surface area contributed by atoms with E-state index >= 15 is 0 Å². The predicted octanol–water partition coefficient (Wildman–Crippen LogP) is -0.0475. The molecule has 0 amide bonds. The van der Waals surface area contributed by atoms with E-state index in [1.54, 1.807) is 13.0 Å². The summed E-state index contributed by atoms with van der Waals surface area (Å²) >= 11 is 4.85. The summed E-state index contributed by atoms with van der Waals surface area (Å²) < 4.78 is 0. The minimum atomic E-state index is -0.419. The van der Waals surface area contributed by atoms with Gasteiger partial charge >= 0.3 is 18.9 Å². The molecule has 0 aliphatic heterocycles. The van der Waals surface area contributed by atoms with Gasteiger partial charge in [0.1, 0.15) is 0 Å². The van der Waals surface area contributed by atoms with Gasteiger partial charge in [-0.1, -0.05) is 19.4 Å². The fourth-order valence-corrected chi connectivity index (χ4v) is 0.257. The Kier molecular flexibility index (Phi) is 26.4. The molecule has 0 aromatic heterocycles. The van der Waals surface area contributed by atoms with Crippen LogP contribution in [0.1, 0.15) is 26.7 Å². The first-order chi connectivity index (χ1) is 4.68. The second kappa shape index (κ2) is 16.7. The third kappa shape index (κ3) is 38.4. The monoisotopic (exact) mass is 168 g/mol. The standard InChI is InChI=1S/C4H5ClO.C4H9.Li/c1-2-3-4(5)6;1-3-4-2;/h2-3H,1H3;1,3-4H2,2H3;/q;-1;+1. The molecule has 60 valence electrons. The third-order valence-electron chi connectivity index (χ3n) is 0.651. The SMILES string of the molecule is CC=CC(=O)Cl.[CH2-]CCC.[Li+]. The van der Waals surface area contributed by atoms with E-state index in [0.717, 1.165) is 6.42 Å². The maximum Gasteiger partial charge on any atom is 1.00 e. The molecule has 0 radical (unpaired) electrons. The van der Waals surface area contributed by atoms with Gasteiger partial charge in [-0.15, -0.1) is 0 Å². The van der Waals surface area contributed by atoms with Crippen LogP contribution in [0.2, 0.25) is 0 Å². The van der Waals surface area contributed by atoms with Gasteiger partial charge in [0.15, 0.2) is 0 Å². The van der Waals surface area contributed by atoms with Gasteiger partial charge < -0.3 is 6.92 Å². The summed E-state index contributed by atoms with van der Waals surface area (Å²) in [6.07, 6.45) is 5.16. The predicted molar refractivity (Wildman–Crippen MR) is 45.9 cm³/mol. The van der Waals surface area contributed by atoms with Crippen LogP contribution >= 0.6 is 11.6 Å². The van der Waals surface area contributed by atoms with Crippen molar-refractivity contribution in [2.75, 3.05) is 0 Å². The molecule has 0 bridgehead atoms. The molecule has 0 unspecified atom stereocenters. The van der Waals surface area contributed by atoms with Crippen molar-refractivity contribution in [3.05, 3.63) is 19.1 Å². The van der Waals surface area contributed by atoms with Gasteiger partial charge in [-0.05, 0) is 24.6 Å². The van der Waals surface area contributed by atoms with Crippen LogP contribution in [0.4, 0.5) is 0 Å². The molecular formula is C8H14ClLiO. The minimum absolute atomic E-state index is 0. The molecule has 0 fully saturated rings. The number of rotatable bonds is 2. The maximum absolute atomic E-state index is 9.72. The van der Waals surface area contributed by atoms with Crippen LogP contribution in [0.5, 0.6) is 0 Å². The summed E-state index contributed by atoms with van der Waals surface area (Å²) in [6, 6.07) is 0. The molecule has 0 heterocycles. The third-order valence-corrected chi connectivity index (χ3v) is 0.777. The quantitative estimate of drug-likeness (QED) is 0.245. The number of allylic oxidation sites excluding steroid dienone is 2. The van der Waals surface area contributed by atoms with Crippen molar-refractivity contribution in [3.8, 4) is 0 Å². The van der Waals surface area contributed by atoms with Crippen molar-refractivity contribution in [2.24, 2.45) is 0 Å². The Balaban J connectivity index is -0.000000114. The Morgan fingerprint density at radius 3 is 2.00 bits per heavy atom. The molecule has 3 heteroatoms. The van der Waals surface area contributed by atoms with Crippen LogP contribution in [0.15, 0.2) is 12.2 Å². The van der Waals surface area contributed by atoms with Crippen LogP contribution in [0.3, 0.4) is 0 Å². The molecule has 0 aliphatic rings. The average molecular weight is 169 g/mol. The number of hydrogen-bond donors (Lipinski definition) is 0. The van der Waals surface area contributed by atoms with Crippen LogP contribution in [0.25, 0.3) is 0 Å². The van der Waals surface area contributed by atoms with Gasteiger partial charge in [0.2, 0.25) is 5.24 Å². The number of halogens is 1. The second-order valence-corrected chi connectivity index (χ2v) is 2.03. The van der Waals surface area contributed by atoms with Crippen LogP contribution in [-0.2, 0) is 4.79 Å². The molecule has 0 atom stereocenters. The van der Waals surface area contributed by atoms with Crippen LogP contribution < -0.4 is 18.9 Å². The summed E-state index contributed by atoms with van der Waals surface area (Å²) in [5.74, 6) is 0. The summed E-state index contributed by atoms with van der Waals surface area (Å²) in [7, 11) is 0.